The number of aliphatic hydroxyl groups excluding tert-OH is 1. The van der Waals surface area contributed by atoms with Gasteiger partial charge in [0, 0.05) is 19.2 Å². The Labute approximate surface area is 106 Å². The van der Waals surface area contributed by atoms with Gasteiger partial charge in [0.2, 0.25) is 0 Å². The molecule has 0 aromatic heterocycles. The lowest BCUT2D eigenvalue weighted by Crippen LogP contribution is -2.35. The third-order valence-corrected chi connectivity index (χ3v) is 2.44. The molecule has 0 radical (unpaired) electrons. The molecule has 1 atom stereocenters. The number of carbonyl (C=O) groups is 1. The number of halogens is 1. The van der Waals surface area contributed by atoms with Crippen LogP contribution >= 0.6 is 0 Å². The first-order chi connectivity index (χ1) is 8.52. The van der Waals surface area contributed by atoms with Crippen molar-refractivity contribution < 1.29 is 19.0 Å². The Hall–Kier alpha value is -1.30. The van der Waals surface area contributed by atoms with Gasteiger partial charge in [-0.2, -0.15) is 0 Å². The minimum absolute atomic E-state index is 0.129. The molecule has 0 saturated carbocycles. The summed E-state index contributed by atoms with van der Waals surface area (Å²) in [6.07, 6.45) is -0.639. The van der Waals surface area contributed by atoms with Crippen LogP contribution in [0.1, 0.15) is 10.4 Å². The summed E-state index contributed by atoms with van der Waals surface area (Å²) >= 11 is 0. The summed E-state index contributed by atoms with van der Waals surface area (Å²) in [5.41, 5.74) is 0.336. The Balaban J connectivity index is 2.49. The van der Waals surface area contributed by atoms with Crippen LogP contribution < -0.4 is 0 Å². The van der Waals surface area contributed by atoms with Crippen LogP contribution in [-0.2, 0) is 4.74 Å². The number of methoxy groups -OCH3 is 1. The SMILES string of the molecule is COCC(O)CN(C)CC(=O)c1cccc(F)c1. The molecular formula is C13H18FNO3. The third kappa shape index (κ3) is 4.91. The van der Waals surface area contributed by atoms with Crippen LogP contribution in [-0.4, -0.2) is 55.7 Å². The molecule has 4 nitrogen and oxygen atoms in total. The number of likely N-dealkylation sites (N-methyl/N-ethyl adjacent to an activating group) is 1. The lowest BCUT2D eigenvalue weighted by molar-refractivity contribution is 0.0427. The van der Waals surface area contributed by atoms with Crippen LogP contribution in [0.4, 0.5) is 4.39 Å². The van der Waals surface area contributed by atoms with E-state index in [0.717, 1.165) is 0 Å². The molecule has 0 aliphatic heterocycles. The van der Waals surface area contributed by atoms with E-state index in [-0.39, 0.29) is 18.9 Å². The van der Waals surface area contributed by atoms with Gasteiger partial charge in [0.05, 0.1) is 19.3 Å². The molecule has 100 valence electrons. The summed E-state index contributed by atoms with van der Waals surface area (Å²) in [5.74, 6) is -0.607. The number of nitrogens with zero attached hydrogens (tertiary/aromatic N) is 1. The van der Waals surface area contributed by atoms with Crippen LogP contribution in [0.25, 0.3) is 0 Å². The molecule has 1 aromatic rings. The highest BCUT2D eigenvalue weighted by Crippen LogP contribution is 2.05. The van der Waals surface area contributed by atoms with E-state index in [1.807, 2.05) is 0 Å². The third-order valence-electron chi connectivity index (χ3n) is 2.44. The van der Waals surface area contributed by atoms with Crippen LogP contribution in [0, 0.1) is 5.82 Å². The second-order valence-electron chi connectivity index (χ2n) is 4.24. The molecule has 1 aromatic carbocycles. The van der Waals surface area contributed by atoms with Gasteiger partial charge in [-0.05, 0) is 19.2 Å². The number of hydrogen-bond donors (Lipinski definition) is 1. The first kappa shape index (κ1) is 14.8. The Morgan fingerprint density at radius 1 is 1.56 bits per heavy atom. The van der Waals surface area contributed by atoms with Crippen molar-refractivity contribution in [2.45, 2.75) is 6.10 Å². The molecule has 1 rings (SSSR count). The fraction of sp³-hybridized carbons (Fsp3) is 0.462. The molecule has 0 saturated heterocycles. The maximum Gasteiger partial charge on any atom is 0.176 e. The van der Waals surface area contributed by atoms with Crippen molar-refractivity contribution in [3.8, 4) is 0 Å². The Morgan fingerprint density at radius 3 is 2.89 bits per heavy atom. The number of benzene rings is 1. The molecular weight excluding hydrogens is 237 g/mol. The highest BCUT2D eigenvalue weighted by Gasteiger charge is 2.13. The molecule has 5 heteroatoms. The van der Waals surface area contributed by atoms with Crippen LogP contribution in [0.2, 0.25) is 0 Å². The monoisotopic (exact) mass is 255 g/mol. The number of carbonyl (C=O) groups excluding carboxylic acids is 1. The van der Waals surface area contributed by atoms with E-state index in [1.54, 1.807) is 18.0 Å². The molecule has 0 fully saturated rings. The minimum atomic E-state index is -0.639. The zero-order chi connectivity index (χ0) is 13.5. The molecule has 1 unspecified atom stereocenters. The van der Waals surface area contributed by atoms with Crippen molar-refractivity contribution in [1.82, 2.24) is 4.90 Å². The Morgan fingerprint density at radius 2 is 2.28 bits per heavy atom. The molecule has 0 bridgehead atoms. The lowest BCUT2D eigenvalue weighted by Gasteiger charge is -2.19. The Bertz CT molecular complexity index is 398. The summed E-state index contributed by atoms with van der Waals surface area (Å²) in [6, 6.07) is 5.58. The summed E-state index contributed by atoms with van der Waals surface area (Å²) < 4.78 is 17.8. The van der Waals surface area contributed by atoms with Crippen molar-refractivity contribution in [3.63, 3.8) is 0 Å². The Kier molecular flexibility index (Phi) is 5.91. The second-order valence-corrected chi connectivity index (χ2v) is 4.24. The van der Waals surface area contributed by atoms with Gasteiger partial charge in [-0.25, -0.2) is 4.39 Å². The van der Waals surface area contributed by atoms with Gasteiger partial charge >= 0.3 is 0 Å². The van der Waals surface area contributed by atoms with E-state index in [1.165, 1.54) is 25.3 Å². The van der Waals surface area contributed by atoms with Crippen molar-refractivity contribution in [2.24, 2.45) is 0 Å². The molecule has 0 aliphatic carbocycles. The van der Waals surface area contributed by atoms with Crippen LogP contribution in [0.15, 0.2) is 24.3 Å². The molecule has 18 heavy (non-hydrogen) atoms. The summed E-state index contributed by atoms with van der Waals surface area (Å²) in [5, 5.41) is 9.51. The summed E-state index contributed by atoms with van der Waals surface area (Å²) in [6.45, 7) is 0.678. The summed E-state index contributed by atoms with van der Waals surface area (Å²) in [7, 11) is 3.22. The van der Waals surface area contributed by atoms with E-state index in [2.05, 4.69) is 0 Å². The van der Waals surface area contributed by atoms with Gasteiger partial charge in [0.15, 0.2) is 5.78 Å². The van der Waals surface area contributed by atoms with Crippen molar-refractivity contribution in [3.05, 3.63) is 35.6 Å². The van der Waals surface area contributed by atoms with Crippen LogP contribution in [0.5, 0.6) is 0 Å². The number of rotatable bonds is 7. The van der Waals surface area contributed by atoms with Gasteiger partial charge in [0.1, 0.15) is 5.82 Å². The smallest absolute Gasteiger partial charge is 0.176 e. The predicted molar refractivity (Wildman–Crippen MR) is 66.1 cm³/mol. The fourth-order valence-corrected chi connectivity index (χ4v) is 1.67. The predicted octanol–water partition coefficient (Wildman–Crippen LogP) is 0.948. The second kappa shape index (κ2) is 7.20. The topological polar surface area (TPSA) is 49.8 Å². The molecule has 0 heterocycles. The zero-order valence-corrected chi connectivity index (χ0v) is 10.6. The average Bonchev–Trinajstić information content (AvgIpc) is 2.28. The van der Waals surface area contributed by atoms with Gasteiger partial charge in [-0.3, -0.25) is 9.69 Å². The number of aliphatic hydroxyl groups is 1. The molecule has 0 spiro atoms. The quantitative estimate of drug-likeness (QED) is 0.737. The van der Waals surface area contributed by atoms with E-state index in [4.69, 9.17) is 4.74 Å². The maximum absolute atomic E-state index is 13.0. The highest BCUT2D eigenvalue weighted by molar-refractivity contribution is 5.97. The van der Waals surface area contributed by atoms with Crippen LogP contribution in [0.3, 0.4) is 0 Å². The summed E-state index contributed by atoms with van der Waals surface area (Å²) in [4.78, 5) is 13.5. The zero-order valence-electron chi connectivity index (χ0n) is 10.6. The van der Waals surface area contributed by atoms with E-state index < -0.39 is 11.9 Å². The van der Waals surface area contributed by atoms with Crippen molar-refractivity contribution >= 4 is 5.78 Å². The van der Waals surface area contributed by atoms with Crippen molar-refractivity contribution in [2.75, 3.05) is 33.9 Å². The fourth-order valence-electron chi connectivity index (χ4n) is 1.67. The number of ether oxygens (including phenoxy) is 1. The lowest BCUT2D eigenvalue weighted by atomic mass is 10.1. The average molecular weight is 255 g/mol. The number of ketones is 1. The number of Topliss-reactive ketones (excluding diaryl/α,β-unsaturated/α-hetero) is 1. The number of hydrogen-bond acceptors (Lipinski definition) is 4. The van der Waals surface area contributed by atoms with E-state index in [9.17, 15) is 14.3 Å². The van der Waals surface area contributed by atoms with Gasteiger partial charge in [-0.15, -0.1) is 0 Å². The first-order valence-electron chi connectivity index (χ1n) is 5.67. The minimum Gasteiger partial charge on any atom is -0.389 e. The van der Waals surface area contributed by atoms with Gasteiger partial charge < -0.3 is 9.84 Å². The maximum atomic E-state index is 13.0. The molecule has 0 amide bonds. The van der Waals surface area contributed by atoms with E-state index in [0.29, 0.717) is 12.1 Å². The normalized spacial score (nSPS) is 12.7. The first-order valence-corrected chi connectivity index (χ1v) is 5.67. The van der Waals surface area contributed by atoms with Gasteiger partial charge in [0.25, 0.3) is 0 Å². The van der Waals surface area contributed by atoms with Gasteiger partial charge in [-0.1, -0.05) is 12.1 Å². The standard InChI is InChI=1S/C13H18FNO3/c1-15(7-12(16)9-18-2)8-13(17)10-4-3-5-11(14)6-10/h3-6,12,16H,7-9H2,1-2H3. The molecule has 0 aliphatic rings. The highest BCUT2D eigenvalue weighted by atomic mass is 19.1. The van der Waals surface area contributed by atoms with E-state index >= 15 is 0 Å². The molecule has 1 N–H and O–H groups in total. The largest absolute Gasteiger partial charge is 0.389 e. The van der Waals surface area contributed by atoms with Crippen molar-refractivity contribution in [1.29, 1.82) is 0 Å².